The van der Waals surface area contributed by atoms with Crippen LogP contribution in [0.25, 0.3) is 0 Å². The third-order valence-electron chi connectivity index (χ3n) is 3.81. The maximum atomic E-state index is 12.4. The molecule has 1 aliphatic rings. The highest BCUT2D eigenvalue weighted by Gasteiger charge is 2.41. The predicted molar refractivity (Wildman–Crippen MR) is 77.0 cm³/mol. The highest BCUT2D eigenvalue weighted by molar-refractivity contribution is 5.81. The van der Waals surface area contributed by atoms with E-state index in [0.29, 0.717) is 31.4 Å². The zero-order chi connectivity index (χ0) is 14.6. The number of carbonyl (C=O) groups excluding carboxylic acids is 2. The van der Waals surface area contributed by atoms with Gasteiger partial charge in [-0.1, -0.05) is 30.3 Å². The van der Waals surface area contributed by atoms with Gasteiger partial charge in [-0.05, 0) is 44.7 Å². The van der Waals surface area contributed by atoms with Gasteiger partial charge in [-0.15, -0.1) is 0 Å². The number of benzene rings is 1. The third-order valence-corrected chi connectivity index (χ3v) is 3.81. The summed E-state index contributed by atoms with van der Waals surface area (Å²) in [6.07, 6.45) is 4.16. The minimum absolute atomic E-state index is 0.108. The third kappa shape index (κ3) is 3.35. The van der Waals surface area contributed by atoms with Crippen LogP contribution in [-0.4, -0.2) is 11.8 Å². The Morgan fingerprint density at radius 1 is 1.30 bits per heavy atom. The topological polar surface area (TPSA) is 43.4 Å². The van der Waals surface area contributed by atoms with Crippen LogP contribution in [0.3, 0.4) is 0 Å². The van der Waals surface area contributed by atoms with Crippen LogP contribution in [0.5, 0.6) is 0 Å². The summed E-state index contributed by atoms with van der Waals surface area (Å²) in [5.74, 6) is 0.556. The summed E-state index contributed by atoms with van der Waals surface area (Å²) in [7, 11) is 0. The maximum Gasteiger partial charge on any atom is 0.317 e. The first-order chi connectivity index (χ1) is 9.52. The van der Waals surface area contributed by atoms with E-state index in [0.717, 1.165) is 5.56 Å². The summed E-state index contributed by atoms with van der Waals surface area (Å²) in [5, 5.41) is 0. The van der Waals surface area contributed by atoms with Gasteiger partial charge in [-0.3, -0.25) is 4.79 Å². The van der Waals surface area contributed by atoms with Gasteiger partial charge >= 0.3 is 5.97 Å². The summed E-state index contributed by atoms with van der Waals surface area (Å²) in [6, 6.07) is 9.89. The fraction of sp³-hybridized carbons (Fsp3) is 0.412. The standard InChI is InChI=1S/C17H20O3/c1-13(18)8-10-17(11-9-14(2)20-16(17)19)12-15-6-4-3-5-7-15/h3-7,9H,8,10-12H2,1-2H3/t17-/m1/s1. The van der Waals surface area contributed by atoms with E-state index in [-0.39, 0.29) is 11.8 Å². The average molecular weight is 272 g/mol. The summed E-state index contributed by atoms with van der Waals surface area (Å²) in [4.78, 5) is 23.7. The molecule has 0 aromatic heterocycles. The van der Waals surface area contributed by atoms with Crippen LogP contribution in [0.1, 0.15) is 38.7 Å². The predicted octanol–water partition coefficient (Wildman–Crippen LogP) is 3.44. The molecule has 0 amide bonds. The van der Waals surface area contributed by atoms with Crippen molar-refractivity contribution in [3.63, 3.8) is 0 Å². The molecule has 0 unspecified atom stereocenters. The Morgan fingerprint density at radius 3 is 2.60 bits per heavy atom. The van der Waals surface area contributed by atoms with Crippen molar-refractivity contribution in [2.24, 2.45) is 5.41 Å². The summed E-state index contributed by atoms with van der Waals surface area (Å²) >= 11 is 0. The van der Waals surface area contributed by atoms with Crippen molar-refractivity contribution in [1.82, 2.24) is 0 Å². The summed E-state index contributed by atoms with van der Waals surface area (Å²) in [5.41, 5.74) is 0.493. The van der Waals surface area contributed by atoms with Crippen LogP contribution in [0.15, 0.2) is 42.2 Å². The number of cyclic esters (lactones) is 1. The van der Waals surface area contributed by atoms with E-state index >= 15 is 0 Å². The van der Waals surface area contributed by atoms with Crippen molar-refractivity contribution >= 4 is 11.8 Å². The minimum atomic E-state index is -0.605. The second-order valence-corrected chi connectivity index (χ2v) is 5.55. The van der Waals surface area contributed by atoms with Crippen molar-refractivity contribution in [1.29, 1.82) is 0 Å². The smallest absolute Gasteiger partial charge is 0.317 e. The first-order valence-corrected chi connectivity index (χ1v) is 6.94. The van der Waals surface area contributed by atoms with Crippen molar-refractivity contribution in [2.45, 2.75) is 39.5 Å². The van der Waals surface area contributed by atoms with Crippen LogP contribution >= 0.6 is 0 Å². The Hall–Kier alpha value is -1.90. The van der Waals surface area contributed by atoms with Gasteiger partial charge < -0.3 is 9.53 Å². The molecule has 0 N–H and O–H groups in total. The Labute approximate surface area is 119 Å². The van der Waals surface area contributed by atoms with E-state index in [1.54, 1.807) is 13.8 Å². The highest BCUT2D eigenvalue weighted by Crippen LogP contribution is 2.38. The van der Waals surface area contributed by atoms with Crippen molar-refractivity contribution in [2.75, 3.05) is 0 Å². The monoisotopic (exact) mass is 272 g/mol. The van der Waals surface area contributed by atoms with Gasteiger partial charge in [-0.2, -0.15) is 0 Å². The Morgan fingerprint density at radius 2 is 2.00 bits per heavy atom. The largest absolute Gasteiger partial charge is 0.431 e. The summed E-state index contributed by atoms with van der Waals surface area (Å²) < 4.78 is 5.32. The van der Waals surface area contributed by atoms with Crippen LogP contribution < -0.4 is 0 Å². The molecule has 0 radical (unpaired) electrons. The molecular formula is C17H20O3. The zero-order valence-corrected chi connectivity index (χ0v) is 12.0. The molecule has 1 aliphatic heterocycles. The molecule has 0 saturated heterocycles. The fourth-order valence-electron chi connectivity index (χ4n) is 2.56. The van der Waals surface area contributed by atoms with E-state index < -0.39 is 5.41 Å². The number of allylic oxidation sites excluding steroid dienone is 2. The summed E-state index contributed by atoms with van der Waals surface area (Å²) in [6.45, 7) is 3.35. The molecule has 20 heavy (non-hydrogen) atoms. The molecule has 0 aliphatic carbocycles. The SMILES string of the molecule is CC(=O)CC[C@]1(Cc2ccccc2)CC=C(C)OC1=O. The van der Waals surface area contributed by atoms with Crippen LogP contribution in [0.4, 0.5) is 0 Å². The number of carbonyl (C=O) groups is 2. The Kier molecular flexibility index (Phi) is 4.38. The van der Waals surface area contributed by atoms with Crippen LogP contribution in [-0.2, 0) is 20.7 Å². The average Bonchev–Trinajstić information content (AvgIpc) is 2.42. The molecule has 1 aromatic rings. The molecule has 1 atom stereocenters. The molecule has 1 aromatic carbocycles. The molecular weight excluding hydrogens is 252 g/mol. The maximum absolute atomic E-state index is 12.4. The molecule has 3 heteroatoms. The first kappa shape index (κ1) is 14.5. The molecule has 106 valence electrons. The molecule has 0 bridgehead atoms. The first-order valence-electron chi connectivity index (χ1n) is 6.94. The molecule has 3 nitrogen and oxygen atoms in total. The Balaban J connectivity index is 2.24. The lowest BCUT2D eigenvalue weighted by molar-refractivity contribution is -0.153. The van der Waals surface area contributed by atoms with E-state index in [2.05, 4.69) is 0 Å². The van der Waals surface area contributed by atoms with Gasteiger partial charge in [0.2, 0.25) is 0 Å². The van der Waals surface area contributed by atoms with E-state index in [9.17, 15) is 9.59 Å². The lowest BCUT2D eigenvalue weighted by atomic mass is 9.73. The highest BCUT2D eigenvalue weighted by atomic mass is 16.5. The second-order valence-electron chi connectivity index (χ2n) is 5.55. The number of Topliss-reactive ketones (excluding diaryl/α,β-unsaturated/α-hetero) is 1. The number of esters is 1. The quantitative estimate of drug-likeness (QED) is 0.771. The van der Waals surface area contributed by atoms with Crippen molar-refractivity contribution in [3.8, 4) is 0 Å². The van der Waals surface area contributed by atoms with Crippen LogP contribution in [0.2, 0.25) is 0 Å². The van der Waals surface area contributed by atoms with E-state index in [1.165, 1.54) is 0 Å². The molecule has 0 fully saturated rings. The molecule has 2 rings (SSSR count). The number of ether oxygens (including phenoxy) is 1. The number of ketones is 1. The van der Waals surface area contributed by atoms with Crippen LogP contribution in [0, 0.1) is 5.41 Å². The fourth-order valence-corrected chi connectivity index (χ4v) is 2.56. The second kappa shape index (κ2) is 6.04. The molecule has 0 saturated carbocycles. The minimum Gasteiger partial charge on any atom is -0.431 e. The van der Waals surface area contributed by atoms with Crippen molar-refractivity contribution in [3.05, 3.63) is 47.7 Å². The Bertz CT molecular complexity index is 530. The zero-order valence-electron chi connectivity index (χ0n) is 12.0. The van der Waals surface area contributed by atoms with E-state index in [4.69, 9.17) is 4.74 Å². The normalized spacial score (nSPS) is 22.1. The van der Waals surface area contributed by atoms with Gasteiger partial charge in [0.15, 0.2) is 0 Å². The van der Waals surface area contributed by atoms with E-state index in [1.807, 2.05) is 36.4 Å². The van der Waals surface area contributed by atoms with Gasteiger partial charge in [0.05, 0.1) is 5.41 Å². The van der Waals surface area contributed by atoms with Crippen molar-refractivity contribution < 1.29 is 14.3 Å². The molecule has 1 heterocycles. The number of hydrogen-bond acceptors (Lipinski definition) is 3. The lowest BCUT2D eigenvalue weighted by Gasteiger charge is -2.33. The lowest BCUT2D eigenvalue weighted by Crippen LogP contribution is -2.37. The van der Waals surface area contributed by atoms with Gasteiger partial charge in [0, 0.05) is 6.42 Å². The van der Waals surface area contributed by atoms with Gasteiger partial charge in [0.25, 0.3) is 0 Å². The molecule has 0 spiro atoms. The van der Waals surface area contributed by atoms with Gasteiger partial charge in [-0.25, -0.2) is 0 Å². The number of hydrogen-bond donors (Lipinski definition) is 0. The van der Waals surface area contributed by atoms with Gasteiger partial charge in [0.1, 0.15) is 11.5 Å². The number of rotatable bonds is 5.